The molecule has 2 aliphatic rings. The zero-order chi connectivity index (χ0) is 28.0. The molecule has 6 nitrogen and oxygen atoms in total. The van der Waals surface area contributed by atoms with Crippen molar-refractivity contribution in [1.29, 1.82) is 0 Å². The molecule has 0 saturated carbocycles. The Hall–Kier alpha value is -0.703. The number of allylic oxidation sites excluding steroid dienone is 3. The first-order valence-corrected chi connectivity index (χ1v) is 16.6. The molecule has 0 aromatic rings. The van der Waals surface area contributed by atoms with Gasteiger partial charge >= 0.3 is 5.97 Å². The van der Waals surface area contributed by atoms with E-state index in [-0.39, 0.29) is 30.4 Å². The van der Waals surface area contributed by atoms with Gasteiger partial charge in [0.2, 0.25) is 8.32 Å². The van der Waals surface area contributed by atoms with Crippen molar-refractivity contribution in [3.05, 3.63) is 22.8 Å². The fraction of sp³-hybridized carbons (Fsp3) is 0.828. The van der Waals surface area contributed by atoms with E-state index >= 15 is 0 Å². The van der Waals surface area contributed by atoms with Gasteiger partial charge in [0.05, 0.1) is 25.4 Å². The van der Waals surface area contributed by atoms with Crippen LogP contribution in [0.4, 0.5) is 0 Å². The number of ether oxygens (including phenoxy) is 4. The number of halogens is 1. The summed E-state index contributed by atoms with van der Waals surface area (Å²) in [6.07, 6.45) is 6.46. The maximum Gasteiger partial charge on any atom is 0.333 e. The van der Waals surface area contributed by atoms with Gasteiger partial charge in [0.15, 0.2) is 5.79 Å². The smallest absolute Gasteiger partial charge is 0.333 e. The van der Waals surface area contributed by atoms with Crippen molar-refractivity contribution in [3.8, 4) is 0 Å². The first-order valence-electron chi connectivity index (χ1n) is 14.1. The van der Waals surface area contributed by atoms with Gasteiger partial charge in [0.25, 0.3) is 0 Å². The first kappa shape index (κ1) is 32.5. The summed E-state index contributed by atoms with van der Waals surface area (Å²) in [5, 5.41) is 0.772. The predicted molar refractivity (Wildman–Crippen MR) is 152 cm³/mol. The molecule has 0 unspecified atom stereocenters. The van der Waals surface area contributed by atoms with Crippen molar-refractivity contribution in [2.75, 3.05) is 13.2 Å². The fourth-order valence-corrected chi connectivity index (χ4v) is 11.8. The number of carbonyl (C=O) groups is 1. The lowest BCUT2D eigenvalue weighted by Crippen LogP contribution is -2.53. The molecule has 214 valence electrons. The lowest BCUT2D eigenvalue weighted by Gasteiger charge is -2.45. The lowest BCUT2D eigenvalue weighted by molar-refractivity contribution is -0.160. The summed E-state index contributed by atoms with van der Waals surface area (Å²) >= 11 is 6.54. The van der Waals surface area contributed by atoms with E-state index in [4.69, 9.17) is 35.0 Å². The number of rotatable bonds is 13. The van der Waals surface area contributed by atoms with Gasteiger partial charge in [-0.05, 0) is 63.6 Å². The Labute approximate surface area is 231 Å². The zero-order valence-corrected chi connectivity index (χ0v) is 26.5. The van der Waals surface area contributed by atoms with Gasteiger partial charge in [-0.3, -0.25) is 0 Å². The second-order valence-corrected chi connectivity index (χ2v) is 17.7. The van der Waals surface area contributed by atoms with Gasteiger partial charge < -0.3 is 23.4 Å². The highest BCUT2D eigenvalue weighted by Crippen LogP contribution is 2.46. The highest BCUT2D eigenvalue weighted by molar-refractivity contribution is 6.77. The third kappa shape index (κ3) is 8.64. The molecule has 0 spiro atoms. The molecule has 2 saturated heterocycles. The summed E-state index contributed by atoms with van der Waals surface area (Å²) in [5.74, 6) is -0.894. The number of hydrogen-bond acceptors (Lipinski definition) is 6. The van der Waals surface area contributed by atoms with Crippen LogP contribution in [0.25, 0.3) is 0 Å². The molecule has 0 aliphatic carbocycles. The largest absolute Gasteiger partial charge is 0.463 e. The summed E-state index contributed by atoms with van der Waals surface area (Å²) in [4.78, 5) is 11.8. The van der Waals surface area contributed by atoms with Crippen LogP contribution in [-0.4, -0.2) is 57.7 Å². The minimum atomic E-state index is -2.10. The summed E-state index contributed by atoms with van der Waals surface area (Å²) in [6.45, 7) is 22.2. The van der Waals surface area contributed by atoms with Gasteiger partial charge in [-0.15, -0.1) is 0 Å². The molecule has 0 aromatic heterocycles. The lowest BCUT2D eigenvalue weighted by atomic mass is 10.0. The maximum atomic E-state index is 11.8. The van der Waals surface area contributed by atoms with Gasteiger partial charge in [-0.1, -0.05) is 65.3 Å². The Kier molecular flexibility index (Phi) is 12.4. The van der Waals surface area contributed by atoms with Crippen LogP contribution in [-0.2, 0) is 28.2 Å². The molecule has 0 radical (unpaired) electrons. The Morgan fingerprint density at radius 2 is 1.73 bits per heavy atom. The Balaban J connectivity index is 2.11. The SMILES string of the molecule is CCOC(=O)/C(C)=C/C/C=C(\Cl)CC[C@@H]1C[C@@H](O[Si](C(C)C)(C(C)C)C(C)C)[C@@H]([C@@H]2COC(C)(C)O2)O1. The third-order valence-corrected chi connectivity index (χ3v) is 14.2. The molecule has 37 heavy (non-hydrogen) atoms. The van der Waals surface area contributed by atoms with Crippen molar-refractivity contribution in [2.45, 2.75) is 142 Å². The van der Waals surface area contributed by atoms with E-state index in [1.54, 1.807) is 13.8 Å². The van der Waals surface area contributed by atoms with E-state index in [0.29, 0.717) is 48.3 Å². The first-order chi connectivity index (χ1) is 17.2. The normalized spacial score (nSPS) is 27.1. The zero-order valence-electron chi connectivity index (χ0n) is 24.8. The standard InChI is InChI=1S/C29H51ClO6Si/c1-11-32-28(31)22(8)13-12-14-23(30)15-16-24-17-25(27(34-24)26-18-33-29(9,10)35-26)36-37(19(2)3,20(4)5)21(6)7/h13-14,19-21,24-27H,11-12,15-18H2,1-10H3/b22-13+,23-14-/t24-,25-,26+,27+/m1/s1. The summed E-state index contributed by atoms with van der Waals surface area (Å²) < 4.78 is 31.0. The van der Waals surface area contributed by atoms with Crippen molar-refractivity contribution in [3.63, 3.8) is 0 Å². The summed E-state index contributed by atoms with van der Waals surface area (Å²) in [7, 11) is -2.10. The summed E-state index contributed by atoms with van der Waals surface area (Å²) in [5.41, 5.74) is 2.08. The highest BCUT2D eigenvalue weighted by atomic mass is 35.5. The van der Waals surface area contributed by atoms with E-state index in [2.05, 4.69) is 41.5 Å². The van der Waals surface area contributed by atoms with Crippen LogP contribution in [0.1, 0.15) is 94.9 Å². The van der Waals surface area contributed by atoms with E-state index in [0.717, 1.165) is 17.9 Å². The van der Waals surface area contributed by atoms with E-state index in [1.807, 2.05) is 26.0 Å². The maximum absolute atomic E-state index is 11.8. The Morgan fingerprint density at radius 1 is 1.11 bits per heavy atom. The van der Waals surface area contributed by atoms with Crippen molar-refractivity contribution in [1.82, 2.24) is 0 Å². The van der Waals surface area contributed by atoms with Crippen molar-refractivity contribution in [2.24, 2.45) is 0 Å². The van der Waals surface area contributed by atoms with Crippen molar-refractivity contribution >= 4 is 25.9 Å². The molecule has 0 amide bonds. The van der Waals surface area contributed by atoms with Gasteiger partial charge in [0, 0.05) is 17.0 Å². The monoisotopic (exact) mass is 558 g/mol. The van der Waals surface area contributed by atoms with Crippen LogP contribution in [0.2, 0.25) is 16.6 Å². The molecule has 8 heteroatoms. The molecular formula is C29H51ClO6Si. The molecule has 2 aliphatic heterocycles. The number of hydrogen-bond donors (Lipinski definition) is 0. The molecule has 2 fully saturated rings. The number of esters is 1. The van der Waals surface area contributed by atoms with Crippen LogP contribution in [0.3, 0.4) is 0 Å². The molecular weight excluding hydrogens is 508 g/mol. The van der Waals surface area contributed by atoms with E-state index < -0.39 is 14.1 Å². The van der Waals surface area contributed by atoms with Crippen LogP contribution >= 0.6 is 11.6 Å². The van der Waals surface area contributed by atoms with Crippen molar-refractivity contribution < 1.29 is 28.2 Å². The second kappa shape index (κ2) is 14.1. The minimum absolute atomic E-state index is 0.0238. The second-order valence-electron chi connectivity index (χ2n) is 11.8. The number of carbonyl (C=O) groups excluding carboxylic acids is 1. The molecule has 4 atom stereocenters. The minimum Gasteiger partial charge on any atom is -0.463 e. The van der Waals surface area contributed by atoms with Crippen LogP contribution < -0.4 is 0 Å². The average molecular weight is 559 g/mol. The molecule has 2 rings (SSSR count). The fourth-order valence-electron chi connectivity index (χ4n) is 6.03. The average Bonchev–Trinajstić information content (AvgIpc) is 3.37. The molecule has 2 heterocycles. The quantitative estimate of drug-likeness (QED) is 0.131. The molecule has 0 N–H and O–H groups in total. The summed E-state index contributed by atoms with van der Waals surface area (Å²) in [6, 6.07) is 0. The van der Waals surface area contributed by atoms with E-state index in [9.17, 15) is 4.79 Å². The van der Waals surface area contributed by atoms with Crippen LogP contribution in [0.15, 0.2) is 22.8 Å². The Bertz CT molecular complexity index is 784. The highest BCUT2D eigenvalue weighted by Gasteiger charge is 2.52. The molecule has 0 aromatic carbocycles. The van der Waals surface area contributed by atoms with Crippen LogP contribution in [0.5, 0.6) is 0 Å². The van der Waals surface area contributed by atoms with Gasteiger partial charge in [-0.2, -0.15) is 0 Å². The van der Waals surface area contributed by atoms with Gasteiger partial charge in [0.1, 0.15) is 12.2 Å². The Morgan fingerprint density at radius 3 is 2.24 bits per heavy atom. The topological polar surface area (TPSA) is 63.2 Å². The van der Waals surface area contributed by atoms with Crippen LogP contribution in [0, 0.1) is 0 Å². The van der Waals surface area contributed by atoms with E-state index in [1.165, 1.54) is 0 Å². The third-order valence-electron chi connectivity index (χ3n) is 7.74. The predicted octanol–water partition coefficient (Wildman–Crippen LogP) is 7.66. The van der Waals surface area contributed by atoms with Gasteiger partial charge in [-0.25, -0.2) is 4.79 Å². The molecule has 0 bridgehead atoms.